The highest BCUT2D eigenvalue weighted by molar-refractivity contribution is 4.66. The molecule has 0 aromatic heterocycles. The molecular weight excluding hydrogens is 235 g/mol. The SMILES string of the molecule is C.C.CC1CCC(C)CC1.CC1CCC(C)CC1.F. The standard InChI is InChI=1S/2C8H16.2CH4.FH/c2*1-7-3-5-8(2)6-4-7;;;/h2*7-8H,3-6H2,1-2H3;2*1H4;1H. The molecule has 0 aromatic rings. The molecule has 0 amide bonds. The van der Waals surface area contributed by atoms with E-state index in [2.05, 4.69) is 27.7 Å². The lowest BCUT2D eigenvalue weighted by molar-refractivity contribution is 0.308. The van der Waals surface area contributed by atoms with Crippen LogP contribution in [0.25, 0.3) is 0 Å². The highest BCUT2D eigenvalue weighted by Gasteiger charge is 2.13. The molecule has 2 saturated carbocycles. The van der Waals surface area contributed by atoms with Gasteiger partial charge in [-0.1, -0.05) is 93.9 Å². The maximum Gasteiger partial charge on any atom is -0.0443 e. The van der Waals surface area contributed by atoms with Gasteiger partial charge < -0.3 is 0 Å². The van der Waals surface area contributed by atoms with Crippen molar-refractivity contribution >= 4 is 0 Å². The Hall–Kier alpha value is -0.0700. The molecule has 0 spiro atoms. The van der Waals surface area contributed by atoms with Gasteiger partial charge in [0.25, 0.3) is 0 Å². The van der Waals surface area contributed by atoms with Crippen LogP contribution in [0.2, 0.25) is 0 Å². The van der Waals surface area contributed by atoms with Gasteiger partial charge in [-0.15, -0.1) is 0 Å². The van der Waals surface area contributed by atoms with Gasteiger partial charge in [-0.05, 0) is 23.7 Å². The van der Waals surface area contributed by atoms with Crippen LogP contribution < -0.4 is 0 Å². The van der Waals surface area contributed by atoms with Crippen LogP contribution in [0.5, 0.6) is 0 Å². The summed E-state index contributed by atoms with van der Waals surface area (Å²) in [4.78, 5) is 0. The Kier molecular flexibility index (Phi) is 16.3. The van der Waals surface area contributed by atoms with E-state index in [1.165, 1.54) is 51.4 Å². The molecule has 0 nitrogen and oxygen atoms in total. The van der Waals surface area contributed by atoms with Crippen LogP contribution in [-0.2, 0) is 0 Å². The Morgan fingerprint density at radius 3 is 0.632 bits per heavy atom. The average molecular weight is 277 g/mol. The summed E-state index contributed by atoms with van der Waals surface area (Å²) in [7, 11) is 0. The molecule has 0 bridgehead atoms. The lowest BCUT2D eigenvalue weighted by Crippen LogP contribution is -2.08. The van der Waals surface area contributed by atoms with Crippen molar-refractivity contribution in [1.29, 1.82) is 0 Å². The number of rotatable bonds is 0. The van der Waals surface area contributed by atoms with E-state index in [1.807, 2.05) is 0 Å². The quantitative estimate of drug-likeness (QED) is 0.443. The highest BCUT2D eigenvalue weighted by Crippen LogP contribution is 2.27. The minimum Gasteiger partial charge on any atom is -0.269 e. The van der Waals surface area contributed by atoms with Gasteiger partial charge >= 0.3 is 0 Å². The summed E-state index contributed by atoms with van der Waals surface area (Å²) in [6.45, 7) is 9.47. The van der Waals surface area contributed by atoms with Gasteiger partial charge in [0.1, 0.15) is 0 Å². The molecule has 0 heterocycles. The fourth-order valence-electron chi connectivity index (χ4n) is 2.85. The van der Waals surface area contributed by atoms with Crippen LogP contribution >= 0.6 is 0 Å². The smallest absolute Gasteiger partial charge is 0.0443 e. The van der Waals surface area contributed by atoms with E-state index in [1.54, 1.807) is 0 Å². The molecule has 0 saturated heterocycles. The van der Waals surface area contributed by atoms with Crippen LogP contribution in [0.15, 0.2) is 0 Å². The van der Waals surface area contributed by atoms with Crippen molar-refractivity contribution in [3.8, 4) is 0 Å². The molecule has 2 rings (SSSR count). The molecule has 0 unspecified atom stereocenters. The molecule has 0 N–H and O–H groups in total. The minimum atomic E-state index is 0. The van der Waals surface area contributed by atoms with E-state index >= 15 is 0 Å². The van der Waals surface area contributed by atoms with Crippen molar-refractivity contribution in [1.82, 2.24) is 0 Å². The second kappa shape index (κ2) is 12.9. The zero-order valence-corrected chi connectivity index (χ0v) is 12.4. The van der Waals surface area contributed by atoms with Gasteiger partial charge in [-0.25, -0.2) is 0 Å². The number of halogens is 1. The third-order valence-corrected chi connectivity index (χ3v) is 4.61. The molecule has 120 valence electrons. The van der Waals surface area contributed by atoms with Crippen molar-refractivity contribution in [3.05, 3.63) is 0 Å². The summed E-state index contributed by atoms with van der Waals surface area (Å²) in [5.74, 6) is 4.08. The van der Waals surface area contributed by atoms with Crippen LogP contribution in [0.4, 0.5) is 4.70 Å². The molecule has 0 aliphatic heterocycles. The van der Waals surface area contributed by atoms with E-state index in [9.17, 15) is 0 Å². The van der Waals surface area contributed by atoms with E-state index < -0.39 is 0 Å². The second-order valence-electron chi connectivity index (χ2n) is 6.73. The van der Waals surface area contributed by atoms with Crippen LogP contribution in [0, 0.1) is 23.7 Å². The van der Waals surface area contributed by atoms with Crippen LogP contribution in [0.3, 0.4) is 0 Å². The molecule has 19 heavy (non-hydrogen) atoms. The third kappa shape index (κ3) is 11.5. The molecule has 0 aromatic carbocycles. The molecule has 1 heteroatoms. The first-order chi connectivity index (χ1) is 7.58. The van der Waals surface area contributed by atoms with Gasteiger partial charge in [0, 0.05) is 0 Å². The molecule has 2 aliphatic rings. The summed E-state index contributed by atoms with van der Waals surface area (Å²) in [6, 6.07) is 0. The summed E-state index contributed by atoms with van der Waals surface area (Å²) in [5.41, 5.74) is 0. The van der Waals surface area contributed by atoms with E-state index in [0.29, 0.717) is 0 Å². The Morgan fingerprint density at radius 2 is 0.526 bits per heavy atom. The Bertz CT molecular complexity index is 123. The Balaban J connectivity index is -0.000000233. The average Bonchev–Trinajstić information content (AvgIpc) is 2.28. The summed E-state index contributed by atoms with van der Waals surface area (Å²) in [6.07, 6.45) is 11.8. The van der Waals surface area contributed by atoms with Crippen LogP contribution in [0.1, 0.15) is 93.9 Å². The van der Waals surface area contributed by atoms with E-state index in [4.69, 9.17) is 0 Å². The zero-order valence-electron chi connectivity index (χ0n) is 12.4. The normalized spacial score (nSPS) is 33.5. The number of hydrogen-bond acceptors (Lipinski definition) is 0. The molecule has 2 aliphatic carbocycles. The highest BCUT2D eigenvalue weighted by atomic mass is 19.0. The minimum absolute atomic E-state index is 0. The predicted molar refractivity (Wildman–Crippen MR) is 89.6 cm³/mol. The molecular formula is C18H41F. The Morgan fingerprint density at radius 1 is 0.421 bits per heavy atom. The van der Waals surface area contributed by atoms with Gasteiger partial charge in [-0.3, -0.25) is 4.70 Å². The second-order valence-corrected chi connectivity index (χ2v) is 6.73. The summed E-state index contributed by atoms with van der Waals surface area (Å²) < 4.78 is 0. The molecule has 0 radical (unpaired) electrons. The monoisotopic (exact) mass is 276 g/mol. The van der Waals surface area contributed by atoms with Gasteiger partial charge in [0.15, 0.2) is 0 Å². The lowest BCUT2D eigenvalue weighted by Gasteiger charge is -2.22. The zero-order chi connectivity index (χ0) is 12.0. The third-order valence-electron chi connectivity index (χ3n) is 4.61. The van der Waals surface area contributed by atoms with Gasteiger partial charge in [0.2, 0.25) is 0 Å². The lowest BCUT2D eigenvalue weighted by atomic mass is 9.84. The molecule has 0 atom stereocenters. The van der Waals surface area contributed by atoms with Crippen molar-refractivity contribution < 1.29 is 4.70 Å². The van der Waals surface area contributed by atoms with E-state index in [-0.39, 0.29) is 19.6 Å². The fourth-order valence-corrected chi connectivity index (χ4v) is 2.85. The first-order valence-corrected chi connectivity index (χ1v) is 7.58. The Labute approximate surface area is 123 Å². The first-order valence-electron chi connectivity index (χ1n) is 7.58. The van der Waals surface area contributed by atoms with Crippen LogP contribution in [-0.4, -0.2) is 0 Å². The van der Waals surface area contributed by atoms with Crippen molar-refractivity contribution in [2.24, 2.45) is 23.7 Å². The maximum atomic E-state index is 2.37. The van der Waals surface area contributed by atoms with Gasteiger partial charge in [0.05, 0.1) is 0 Å². The van der Waals surface area contributed by atoms with E-state index in [0.717, 1.165) is 23.7 Å². The topological polar surface area (TPSA) is 0 Å². The predicted octanol–water partition coefficient (Wildman–Crippen LogP) is 7.09. The van der Waals surface area contributed by atoms with Gasteiger partial charge in [-0.2, -0.15) is 0 Å². The molecule has 2 fully saturated rings. The number of hydrogen-bond donors (Lipinski definition) is 0. The summed E-state index contributed by atoms with van der Waals surface area (Å²) in [5, 5.41) is 0. The first kappa shape index (κ1) is 24.0. The largest absolute Gasteiger partial charge is 0.269 e. The maximum absolute atomic E-state index is 2.37. The van der Waals surface area contributed by atoms with Crippen molar-refractivity contribution in [2.45, 2.75) is 93.9 Å². The van der Waals surface area contributed by atoms with Crippen molar-refractivity contribution in [3.63, 3.8) is 0 Å². The van der Waals surface area contributed by atoms with Crippen molar-refractivity contribution in [2.75, 3.05) is 0 Å². The fraction of sp³-hybridized carbons (Fsp3) is 1.00. The summed E-state index contributed by atoms with van der Waals surface area (Å²) >= 11 is 0.